The van der Waals surface area contributed by atoms with Crippen molar-refractivity contribution in [1.82, 2.24) is 4.98 Å². The van der Waals surface area contributed by atoms with Crippen molar-refractivity contribution in [2.45, 2.75) is 12.7 Å². The zero-order valence-corrected chi connectivity index (χ0v) is 8.43. The Kier molecular flexibility index (Phi) is 2.56. The average Bonchev–Trinajstić information content (AvgIpc) is 1.93. The quantitative estimate of drug-likeness (QED) is 0.755. The molecule has 0 spiro atoms. The van der Waals surface area contributed by atoms with Crippen molar-refractivity contribution in [3.63, 3.8) is 0 Å². The van der Waals surface area contributed by atoms with Gasteiger partial charge in [-0.15, -0.1) is 0 Å². The lowest BCUT2D eigenvalue weighted by molar-refractivity contribution is 0.600. The molecule has 1 heterocycles. The largest absolute Gasteiger partial charge is 0.397 e. The summed E-state index contributed by atoms with van der Waals surface area (Å²) >= 11 is 0. The highest BCUT2D eigenvalue weighted by Crippen LogP contribution is 2.11. The van der Waals surface area contributed by atoms with Gasteiger partial charge in [-0.05, 0) is 18.6 Å². The Labute approximate surface area is 77.7 Å². The molecule has 4 nitrogen and oxygen atoms in total. The van der Waals surface area contributed by atoms with E-state index < -0.39 is 9.84 Å². The summed E-state index contributed by atoms with van der Waals surface area (Å²) in [6.45, 7) is 1.80. The molecule has 0 atom stereocenters. The molecule has 13 heavy (non-hydrogen) atoms. The highest BCUT2D eigenvalue weighted by atomic mass is 32.2. The Morgan fingerprint density at radius 3 is 2.62 bits per heavy atom. The van der Waals surface area contributed by atoms with E-state index in [1.807, 2.05) is 0 Å². The van der Waals surface area contributed by atoms with Crippen molar-refractivity contribution >= 4 is 15.5 Å². The predicted molar refractivity (Wildman–Crippen MR) is 51.9 cm³/mol. The van der Waals surface area contributed by atoms with Gasteiger partial charge in [0.25, 0.3) is 0 Å². The van der Waals surface area contributed by atoms with Crippen LogP contribution < -0.4 is 5.73 Å². The molecule has 72 valence electrons. The Balaban J connectivity index is 3.04. The summed E-state index contributed by atoms with van der Waals surface area (Å²) in [7, 11) is -3.02. The Bertz CT molecular complexity index is 412. The second-order valence-corrected chi connectivity index (χ2v) is 5.24. The van der Waals surface area contributed by atoms with E-state index in [4.69, 9.17) is 5.73 Å². The summed E-state index contributed by atoms with van der Waals surface area (Å²) in [6.07, 6.45) is 2.65. The third-order valence-electron chi connectivity index (χ3n) is 1.61. The molecule has 2 N–H and O–H groups in total. The number of hydrogen-bond donors (Lipinski definition) is 1. The van der Waals surface area contributed by atoms with Gasteiger partial charge in [-0.3, -0.25) is 4.98 Å². The summed E-state index contributed by atoms with van der Waals surface area (Å²) < 4.78 is 21.9. The highest BCUT2D eigenvalue weighted by molar-refractivity contribution is 7.89. The maximum absolute atomic E-state index is 11.0. The fraction of sp³-hybridized carbons (Fsp3) is 0.375. The van der Waals surface area contributed by atoms with Gasteiger partial charge in [0, 0.05) is 6.26 Å². The molecule has 0 aliphatic heterocycles. The summed E-state index contributed by atoms with van der Waals surface area (Å²) in [5, 5.41) is 0. The number of anilines is 1. The van der Waals surface area contributed by atoms with Crippen molar-refractivity contribution in [1.29, 1.82) is 0 Å². The molecule has 0 aliphatic rings. The summed E-state index contributed by atoms with van der Waals surface area (Å²) in [4.78, 5) is 3.96. The van der Waals surface area contributed by atoms with Gasteiger partial charge in [-0.25, -0.2) is 8.42 Å². The van der Waals surface area contributed by atoms with E-state index in [-0.39, 0.29) is 5.75 Å². The molecule has 0 aliphatic carbocycles. The van der Waals surface area contributed by atoms with Crippen molar-refractivity contribution in [3.8, 4) is 0 Å². The van der Waals surface area contributed by atoms with Crippen LogP contribution in [0.1, 0.15) is 11.3 Å². The lowest BCUT2D eigenvalue weighted by Crippen LogP contribution is -2.05. The first-order valence-electron chi connectivity index (χ1n) is 3.77. The van der Waals surface area contributed by atoms with E-state index in [9.17, 15) is 8.42 Å². The molecule has 0 fully saturated rings. The maximum Gasteiger partial charge on any atom is 0.153 e. The van der Waals surface area contributed by atoms with Crippen LogP contribution in [0.4, 0.5) is 5.69 Å². The molecule has 1 aromatic rings. The monoisotopic (exact) mass is 200 g/mol. The van der Waals surface area contributed by atoms with Gasteiger partial charge in [0.05, 0.1) is 23.3 Å². The fourth-order valence-corrected chi connectivity index (χ4v) is 1.82. The zero-order chi connectivity index (χ0) is 10.1. The smallest absolute Gasteiger partial charge is 0.153 e. The Morgan fingerprint density at radius 1 is 1.54 bits per heavy atom. The van der Waals surface area contributed by atoms with Crippen LogP contribution in [0.25, 0.3) is 0 Å². The van der Waals surface area contributed by atoms with E-state index in [0.29, 0.717) is 11.4 Å². The normalized spacial score (nSPS) is 11.5. The van der Waals surface area contributed by atoms with Crippen molar-refractivity contribution in [3.05, 3.63) is 23.5 Å². The summed E-state index contributed by atoms with van der Waals surface area (Å²) in [5.74, 6) is -0.0287. The first-order valence-corrected chi connectivity index (χ1v) is 5.83. The van der Waals surface area contributed by atoms with Gasteiger partial charge in [-0.2, -0.15) is 0 Å². The van der Waals surface area contributed by atoms with E-state index in [2.05, 4.69) is 4.98 Å². The molecule has 1 aromatic heterocycles. The zero-order valence-electron chi connectivity index (χ0n) is 7.61. The number of nitrogens with two attached hydrogens (primary N) is 1. The predicted octanol–water partition coefficient (Wildman–Crippen LogP) is 0.517. The van der Waals surface area contributed by atoms with Crippen LogP contribution in [0.2, 0.25) is 0 Å². The number of aromatic nitrogens is 1. The standard InChI is InChI=1S/C8H12N2O2S/c1-6-3-7(9)4-10-8(6)5-13(2,11)12/h3-4H,5,9H2,1-2H3. The second kappa shape index (κ2) is 3.33. The third kappa shape index (κ3) is 3.02. The number of nitrogens with zero attached hydrogens (tertiary/aromatic N) is 1. The second-order valence-electron chi connectivity index (χ2n) is 3.10. The lowest BCUT2D eigenvalue weighted by Gasteiger charge is -2.03. The molecule has 0 aromatic carbocycles. The molecular weight excluding hydrogens is 188 g/mol. The van der Waals surface area contributed by atoms with Crippen molar-refractivity contribution in [2.75, 3.05) is 12.0 Å². The Hall–Kier alpha value is -1.10. The van der Waals surface area contributed by atoms with Gasteiger partial charge >= 0.3 is 0 Å². The maximum atomic E-state index is 11.0. The number of hydrogen-bond acceptors (Lipinski definition) is 4. The summed E-state index contributed by atoms with van der Waals surface area (Å²) in [5.41, 5.74) is 7.41. The van der Waals surface area contributed by atoms with E-state index in [1.165, 1.54) is 12.5 Å². The molecule has 0 unspecified atom stereocenters. The lowest BCUT2D eigenvalue weighted by atomic mass is 10.2. The van der Waals surface area contributed by atoms with Gasteiger partial charge in [0.2, 0.25) is 0 Å². The molecule has 0 radical (unpaired) electrons. The molecule has 0 bridgehead atoms. The molecule has 0 saturated heterocycles. The number of pyridine rings is 1. The number of sulfone groups is 1. The topological polar surface area (TPSA) is 73.0 Å². The van der Waals surface area contributed by atoms with Crippen LogP contribution in [-0.2, 0) is 15.6 Å². The molecule has 0 saturated carbocycles. The minimum absolute atomic E-state index is 0.0287. The SMILES string of the molecule is Cc1cc(N)cnc1CS(C)(=O)=O. The minimum Gasteiger partial charge on any atom is -0.397 e. The highest BCUT2D eigenvalue weighted by Gasteiger charge is 2.08. The van der Waals surface area contributed by atoms with Crippen LogP contribution in [0.5, 0.6) is 0 Å². The van der Waals surface area contributed by atoms with Gasteiger partial charge in [-0.1, -0.05) is 0 Å². The van der Waals surface area contributed by atoms with Crippen LogP contribution >= 0.6 is 0 Å². The number of rotatable bonds is 2. The van der Waals surface area contributed by atoms with Gasteiger partial charge in [0.15, 0.2) is 9.84 Å². The van der Waals surface area contributed by atoms with E-state index in [1.54, 1.807) is 13.0 Å². The molecule has 0 amide bonds. The first-order chi connectivity index (χ1) is 5.88. The van der Waals surface area contributed by atoms with E-state index >= 15 is 0 Å². The fourth-order valence-electron chi connectivity index (χ4n) is 1.02. The van der Waals surface area contributed by atoms with E-state index in [0.717, 1.165) is 5.56 Å². The van der Waals surface area contributed by atoms with Crippen LogP contribution in [-0.4, -0.2) is 19.7 Å². The van der Waals surface area contributed by atoms with Crippen LogP contribution in [0, 0.1) is 6.92 Å². The average molecular weight is 200 g/mol. The molecule has 1 rings (SSSR count). The van der Waals surface area contributed by atoms with Crippen molar-refractivity contribution < 1.29 is 8.42 Å². The first kappa shape index (κ1) is 9.98. The van der Waals surface area contributed by atoms with Crippen LogP contribution in [0.15, 0.2) is 12.3 Å². The molecular formula is C8H12N2O2S. The van der Waals surface area contributed by atoms with Crippen molar-refractivity contribution in [2.24, 2.45) is 0 Å². The minimum atomic E-state index is -3.02. The number of aryl methyl sites for hydroxylation is 1. The Morgan fingerprint density at radius 2 is 2.15 bits per heavy atom. The van der Waals surface area contributed by atoms with Crippen LogP contribution in [0.3, 0.4) is 0 Å². The summed E-state index contributed by atoms with van der Waals surface area (Å²) in [6, 6.07) is 1.72. The van der Waals surface area contributed by atoms with Gasteiger partial charge in [0.1, 0.15) is 0 Å². The van der Waals surface area contributed by atoms with Gasteiger partial charge < -0.3 is 5.73 Å². The number of nitrogen functional groups attached to an aromatic ring is 1. The molecule has 5 heteroatoms. The third-order valence-corrected chi connectivity index (χ3v) is 2.40.